The highest BCUT2D eigenvalue weighted by molar-refractivity contribution is 7.87. The Labute approximate surface area is 144 Å². The van der Waals surface area contributed by atoms with E-state index in [1.165, 1.54) is 23.3 Å². The maximum Gasteiger partial charge on any atom is 0.338 e. The van der Waals surface area contributed by atoms with E-state index < -0.39 is 33.5 Å². The molecule has 2 N–H and O–H groups in total. The second-order valence-electron chi connectivity index (χ2n) is 6.56. The number of carboxylic acid groups (broad SMARTS) is 1. The Morgan fingerprint density at radius 2 is 1.84 bits per heavy atom. The third kappa shape index (κ3) is 3.31. The fourth-order valence-corrected chi connectivity index (χ4v) is 4.31. The molecule has 2 atom stereocenters. The van der Waals surface area contributed by atoms with Crippen LogP contribution >= 0.6 is 0 Å². The van der Waals surface area contributed by atoms with Crippen molar-refractivity contribution in [2.24, 2.45) is 11.8 Å². The lowest BCUT2D eigenvalue weighted by Crippen LogP contribution is -2.43. The molecule has 25 heavy (non-hydrogen) atoms. The van der Waals surface area contributed by atoms with Gasteiger partial charge in [0, 0.05) is 27.2 Å². The molecule has 0 radical (unpaired) electrons. The summed E-state index contributed by atoms with van der Waals surface area (Å²) in [5.74, 6) is -2.87. The molecule has 1 saturated heterocycles. The number of carbonyl (C=O) groups is 2. The first-order valence-corrected chi connectivity index (χ1v) is 9.10. The smallest absolute Gasteiger partial charge is 0.338 e. The molecular weight excluding hydrogens is 353 g/mol. The highest BCUT2D eigenvalue weighted by Crippen LogP contribution is 2.45. The number of aromatic carboxylic acids is 1. The number of nitrogens with one attached hydrogen (secondary N) is 1. The number of anilines is 1. The van der Waals surface area contributed by atoms with Crippen LogP contribution in [-0.4, -0.2) is 56.9 Å². The third-order valence-electron chi connectivity index (χ3n) is 4.55. The predicted octanol–water partition coefficient (Wildman–Crippen LogP) is 0.516. The van der Waals surface area contributed by atoms with Crippen molar-refractivity contribution in [2.75, 3.05) is 32.1 Å². The zero-order valence-corrected chi connectivity index (χ0v) is 14.5. The molecule has 8 nitrogen and oxygen atoms in total. The zero-order valence-electron chi connectivity index (χ0n) is 13.7. The van der Waals surface area contributed by atoms with Gasteiger partial charge in [0.25, 0.3) is 5.91 Å². The number of halogens is 1. The van der Waals surface area contributed by atoms with Gasteiger partial charge in [0.2, 0.25) is 0 Å². The van der Waals surface area contributed by atoms with Gasteiger partial charge in [-0.15, -0.1) is 0 Å². The minimum absolute atomic E-state index is 0.107. The van der Waals surface area contributed by atoms with E-state index in [0.717, 1.165) is 18.6 Å². The van der Waals surface area contributed by atoms with Crippen LogP contribution in [0.1, 0.15) is 27.1 Å². The Balaban J connectivity index is 1.88. The average molecular weight is 371 g/mol. The molecular formula is C15H18FN3O5S. The summed E-state index contributed by atoms with van der Waals surface area (Å²) in [6.07, 6.45) is 1.01. The van der Waals surface area contributed by atoms with E-state index in [4.69, 9.17) is 5.11 Å². The molecule has 0 bridgehead atoms. The molecule has 0 aromatic heterocycles. The second-order valence-corrected chi connectivity index (χ2v) is 8.23. The van der Waals surface area contributed by atoms with Crippen molar-refractivity contribution in [3.63, 3.8) is 0 Å². The molecule has 2 fully saturated rings. The lowest BCUT2D eigenvalue weighted by atomic mass is 10.1. The van der Waals surface area contributed by atoms with Gasteiger partial charge >= 0.3 is 16.2 Å². The molecule has 3 rings (SSSR count). The van der Waals surface area contributed by atoms with Crippen molar-refractivity contribution in [1.29, 1.82) is 0 Å². The van der Waals surface area contributed by atoms with Gasteiger partial charge in [-0.3, -0.25) is 4.79 Å². The number of carbonyl (C=O) groups excluding carboxylic acids is 1. The topological polar surface area (TPSA) is 107 Å². The van der Waals surface area contributed by atoms with Crippen LogP contribution < -0.4 is 9.62 Å². The van der Waals surface area contributed by atoms with Gasteiger partial charge < -0.3 is 10.0 Å². The Bertz CT molecular complexity index is 845. The van der Waals surface area contributed by atoms with E-state index in [1.807, 2.05) is 4.72 Å². The van der Waals surface area contributed by atoms with Crippen LogP contribution in [0.15, 0.2) is 12.1 Å². The summed E-state index contributed by atoms with van der Waals surface area (Å²) in [7, 11) is -0.935. The number of fused-ring (bicyclic) bond motifs is 1. The minimum atomic E-state index is -4.02. The number of rotatable bonds is 5. The van der Waals surface area contributed by atoms with Crippen LogP contribution in [0, 0.1) is 17.7 Å². The van der Waals surface area contributed by atoms with E-state index in [0.29, 0.717) is 24.9 Å². The first-order valence-electron chi connectivity index (χ1n) is 7.66. The molecule has 2 aliphatic rings. The number of benzene rings is 1. The molecule has 1 amide bonds. The van der Waals surface area contributed by atoms with Gasteiger partial charge in [0.1, 0.15) is 5.82 Å². The van der Waals surface area contributed by atoms with E-state index >= 15 is 0 Å². The molecule has 10 heteroatoms. The summed E-state index contributed by atoms with van der Waals surface area (Å²) in [5.41, 5.74) is -0.737. The number of carboxylic acids is 1. The van der Waals surface area contributed by atoms with Crippen molar-refractivity contribution in [3.8, 4) is 0 Å². The molecule has 0 spiro atoms. The van der Waals surface area contributed by atoms with Gasteiger partial charge in [0.05, 0.1) is 16.8 Å². The summed E-state index contributed by atoms with van der Waals surface area (Å²) in [6, 6.07) is 1.75. The normalized spacial score (nSPS) is 22.4. The summed E-state index contributed by atoms with van der Waals surface area (Å²) >= 11 is 0. The van der Waals surface area contributed by atoms with Crippen LogP contribution in [0.4, 0.5) is 10.1 Å². The molecule has 1 aromatic rings. The van der Waals surface area contributed by atoms with Crippen molar-refractivity contribution >= 4 is 27.8 Å². The molecule has 1 aliphatic heterocycles. The maximum atomic E-state index is 14.0. The average Bonchev–Trinajstić information content (AvgIpc) is 3.11. The number of hydrogen-bond acceptors (Lipinski definition) is 5. The van der Waals surface area contributed by atoms with Crippen molar-refractivity contribution in [1.82, 2.24) is 9.03 Å². The highest BCUT2D eigenvalue weighted by Gasteiger charge is 2.49. The third-order valence-corrected chi connectivity index (χ3v) is 5.97. The van der Waals surface area contributed by atoms with Crippen LogP contribution in [0.5, 0.6) is 0 Å². The lowest BCUT2D eigenvalue weighted by molar-refractivity contribution is 0.0691. The fourth-order valence-electron chi connectivity index (χ4n) is 3.07. The second kappa shape index (κ2) is 5.95. The zero-order chi connectivity index (χ0) is 18.5. The van der Waals surface area contributed by atoms with E-state index in [1.54, 1.807) is 0 Å². The quantitative estimate of drug-likeness (QED) is 0.781. The number of hydrogen-bond donors (Lipinski definition) is 2. The summed E-state index contributed by atoms with van der Waals surface area (Å²) < 4.78 is 41.7. The van der Waals surface area contributed by atoms with Crippen molar-refractivity contribution in [2.45, 2.75) is 6.42 Å². The Hall–Kier alpha value is -2.20. The van der Waals surface area contributed by atoms with Crippen LogP contribution in [0.3, 0.4) is 0 Å². The standard InChI is InChI=1S/C15H18FN3O5S/c1-18(2)13-5-10(15(21)22)12(16)4-11(13)14(20)17-25(23,24)19-6-8-3-9(8)7-19/h4-5,8-9H,3,6-7H2,1-2H3,(H,17,20)(H,21,22). The van der Waals surface area contributed by atoms with Gasteiger partial charge in [0.15, 0.2) is 0 Å². The van der Waals surface area contributed by atoms with Crippen LogP contribution in [0.2, 0.25) is 0 Å². The molecule has 2 unspecified atom stereocenters. The minimum Gasteiger partial charge on any atom is -0.478 e. The lowest BCUT2D eigenvalue weighted by Gasteiger charge is -2.21. The summed E-state index contributed by atoms with van der Waals surface area (Å²) in [4.78, 5) is 24.9. The van der Waals surface area contributed by atoms with Gasteiger partial charge in [-0.05, 0) is 30.4 Å². The van der Waals surface area contributed by atoms with Gasteiger partial charge in [-0.25, -0.2) is 13.9 Å². The summed E-state index contributed by atoms with van der Waals surface area (Å²) in [6.45, 7) is 0.750. The Kier molecular flexibility index (Phi) is 4.20. The van der Waals surface area contributed by atoms with Gasteiger partial charge in [-0.2, -0.15) is 12.7 Å². The number of piperidine rings is 1. The molecule has 136 valence electrons. The van der Waals surface area contributed by atoms with Crippen LogP contribution in [-0.2, 0) is 10.2 Å². The van der Waals surface area contributed by atoms with Crippen molar-refractivity contribution < 1.29 is 27.5 Å². The molecule has 1 aliphatic carbocycles. The largest absolute Gasteiger partial charge is 0.478 e. The van der Waals surface area contributed by atoms with Crippen LogP contribution in [0.25, 0.3) is 0 Å². The highest BCUT2D eigenvalue weighted by atomic mass is 32.2. The van der Waals surface area contributed by atoms with E-state index in [-0.39, 0.29) is 11.3 Å². The Morgan fingerprint density at radius 1 is 1.24 bits per heavy atom. The first kappa shape index (κ1) is 17.6. The number of nitrogens with zero attached hydrogens (tertiary/aromatic N) is 2. The SMILES string of the molecule is CN(C)c1cc(C(=O)O)c(F)cc1C(=O)NS(=O)(=O)N1CC2CC2C1. The van der Waals surface area contributed by atoms with E-state index in [2.05, 4.69) is 0 Å². The molecule has 1 aromatic carbocycles. The molecule has 1 heterocycles. The molecule has 1 saturated carbocycles. The number of amides is 1. The monoisotopic (exact) mass is 371 g/mol. The fraction of sp³-hybridized carbons (Fsp3) is 0.467. The van der Waals surface area contributed by atoms with Crippen molar-refractivity contribution in [3.05, 3.63) is 29.1 Å². The first-order chi connectivity index (χ1) is 11.6. The predicted molar refractivity (Wildman–Crippen MR) is 87.2 cm³/mol. The van der Waals surface area contributed by atoms with Gasteiger partial charge in [-0.1, -0.05) is 0 Å². The summed E-state index contributed by atoms with van der Waals surface area (Å²) in [5, 5.41) is 9.00. The van der Waals surface area contributed by atoms with E-state index in [9.17, 15) is 22.4 Å². The maximum absolute atomic E-state index is 14.0. The Morgan fingerprint density at radius 3 is 2.36 bits per heavy atom.